The van der Waals surface area contributed by atoms with Crippen LogP contribution >= 0.6 is 0 Å². The summed E-state index contributed by atoms with van der Waals surface area (Å²) in [5, 5.41) is 3.68. The summed E-state index contributed by atoms with van der Waals surface area (Å²) < 4.78 is 0. The van der Waals surface area contributed by atoms with Gasteiger partial charge in [-0.05, 0) is 50.9 Å². The van der Waals surface area contributed by atoms with Crippen molar-refractivity contribution in [3.63, 3.8) is 0 Å². The first-order chi connectivity index (χ1) is 8.83. The minimum atomic E-state index is 0.627. The number of aryl methyl sites for hydroxylation is 1. The van der Waals surface area contributed by atoms with E-state index in [-0.39, 0.29) is 0 Å². The molecule has 2 unspecified atom stereocenters. The molecule has 2 aliphatic carbocycles. The first kappa shape index (κ1) is 11.9. The Bertz CT molecular complexity index is 416. The Morgan fingerprint density at radius 1 is 1.11 bits per heavy atom. The summed E-state index contributed by atoms with van der Waals surface area (Å²) in [4.78, 5) is 8.98. The quantitative estimate of drug-likeness (QED) is 0.812. The molecule has 0 radical (unpaired) electrons. The minimum Gasteiger partial charge on any atom is -0.367 e. The lowest BCUT2D eigenvalue weighted by Gasteiger charge is -2.17. The van der Waals surface area contributed by atoms with E-state index in [4.69, 9.17) is 0 Å². The van der Waals surface area contributed by atoms with Gasteiger partial charge in [0.15, 0.2) is 0 Å². The smallest absolute Gasteiger partial charge is 0.133 e. The van der Waals surface area contributed by atoms with Crippen LogP contribution in [0.4, 0.5) is 5.82 Å². The first-order valence-electron chi connectivity index (χ1n) is 7.42. The van der Waals surface area contributed by atoms with Gasteiger partial charge in [-0.3, -0.25) is 0 Å². The fraction of sp³-hybridized carbons (Fsp3) is 0.733. The summed E-state index contributed by atoms with van der Waals surface area (Å²) in [5.41, 5.74) is 2.69. The number of hydrogen-bond donors (Lipinski definition) is 1. The van der Waals surface area contributed by atoms with Crippen LogP contribution in [0.2, 0.25) is 0 Å². The molecular formula is C15H23N3. The van der Waals surface area contributed by atoms with Crippen molar-refractivity contribution in [3.05, 3.63) is 17.6 Å². The van der Waals surface area contributed by atoms with Crippen LogP contribution in [0.15, 0.2) is 6.33 Å². The molecule has 0 saturated heterocycles. The third-order valence-electron chi connectivity index (χ3n) is 4.41. The molecule has 2 atom stereocenters. The van der Waals surface area contributed by atoms with E-state index in [1.165, 1.54) is 49.8 Å². The standard InChI is InChI=1S/C15H23N3/c1-11-7-8-12(9-11)18-15-13-5-3-2-4-6-14(13)16-10-17-15/h10-12H,2-9H2,1H3,(H,16,17,18). The number of rotatable bonds is 2. The zero-order valence-corrected chi connectivity index (χ0v) is 11.3. The molecule has 2 aliphatic rings. The maximum absolute atomic E-state index is 4.50. The van der Waals surface area contributed by atoms with Gasteiger partial charge < -0.3 is 5.32 Å². The molecule has 98 valence electrons. The molecule has 1 fully saturated rings. The maximum atomic E-state index is 4.50. The highest BCUT2D eigenvalue weighted by atomic mass is 15.0. The number of nitrogens with one attached hydrogen (secondary N) is 1. The molecule has 1 saturated carbocycles. The van der Waals surface area contributed by atoms with Crippen LogP contribution in [0.1, 0.15) is 56.7 Å². The third-order valence-corrected chi connectivity index (χ3v) is 4.41. The van der Waals surface area contributed by atoms with Crippen molar-refractivity contribution >= 4 is 5.82 Å². The van der Waals surface area contributed by atoms with Crippen LogP contribution in [0.3, 0.4) is 0 Å². The highest BCUT2D eigenvalue weighted by molar-refractivity contribution is 5.47. The van der Waals surface area contributed by atoms with E-state index < -0.39 is 0 Å². The fourth-order valence-corrected chi connectivity index (χ4v) is 3.35. The number of aromatic nitrogens is 2. The maximum Gasteiger partial charge on any atom is 0.133 e. The number of anilines is 1. The van der Waals surface area contributed by atoms with Crippen LogP contribution in [0, 0.1) is 5.92 Å². The zero-order valence-electron chi connectivity index (χ0n) is 11.3. The average Bonchev–Trinajstić information content (AvgIpc) is 2.65. The Kier molecular flexibility index (Phi) is 3.48. The van der Waals surface area contributed by atoms with Crippen LogP contribution < -0.4 is 5.32 Å². The summed E-state index contributed by atoms with van der Waals surface area (Å²) in [7, 11) is 0. The van der Waals surface area contributed by atoms with Crippen molar-refractivity contribution in [1.29, 1.82) is 0 Å². The molecule has 0 amide bonds. The molecule has 1 aromatic heterocycles. The van der Waals surface area contributed by atoms with Crippen LogP contribution in [0.25, 0.3) is 0 Å². The third kappa shape index (κ3) is 2.50. The van der Waals surface area contributed by atoms with Gasteiger partial charge in [-0.15, -0.1) is 0 Å². The van der Waals surface area contributed by atoms with E-state index in [0.29, 0.717) is 6.04 Å². The van der Waals surface area contributed by atoms with Crippen molar-refractivity contribution in [3.8, 4) is 0 Å². The van der Waals surface area contributed by atoms with Crippen molar-refractivity contribution in [1.82, 2.24) is 9.97 Å². The Labute approximate surface area is 109 Å². The zero-order chi connectivity index (χ0) is 12.4. The molecule has 1 heterocycles. The van der Waals surface area contributed by atoms with Crippen molar-refractivity contribution in [2.45, 2.75) is 64.3 Å². The second kappa shape index (κ2) is 5.25. The average molecular weight is 245 g/mol. The Morgan fingerprint density at radius 3 is 2.83 bits per heavy atom. The van der Waals surface area contributed by atoms with E-state index in [1.807, 2.05) is 0 Å². The molecule has 0 bridgehead atoms. The second-order valence-electron chi connectivity index (χ2n) is 5.97. The van der Waals surface area contributed by atoms with Gasteiger partial charge in [0, 0.05) is 17.3 Å². The van der Waals surface area contributed by atoms with Crippen molar-refractivity contribution < 1.29 is 0 Å². The number of fused-ring (bicyclic) bond motifs is 1. The summed E-state index contributed by atoms with van der Waals surface area (Å²) in [6.45, 7) is 2.35. The summed E-state index contributed by atoms with van der Waals surface area (Å²) in [5.74, 6) is 1.99. The van der Waals surface area contributed by atoms with E-state index in [1.54, 1.807) is 6.33 Å². The lowest BCUT2D eigenvalue weighted by atomic mass is 10.1. The minimum absolute atomic E-state index is 0.627. The summed E-state index contributed by atoms with van der Waals surface area (Å²) in [6.07, 6.45) is 11.9. The fourth-order valence-electron chi connectivity index (χ4n) is 3.35. The van der Waals surface area contributed by atoms with Crippen molar-refractivity contribution in [2.24, 2.45) is 5.92 Å². The largest absolute Gasteiger partial charge is 0.367 e. The van der Waals surface area contributed by atoms with E-state index in [9.17, 15) is 0 Å². The van der Waals surface area contributed by atoms with E-state index in [0.717, 1.165) is 24.6 Å². The van der Waals surface area contributed by atoms with Crippen LogP contribution in [-0.2, 0) is 12.8 Å². The lowest BCUT2D eigenvalue weighted by molar-refractivity contribution is 0.602. The molecule has 1 aromatic rings. The van der Waals surface area contributed by atoms with Gasteiger partial charge in [0.1, 0.15) is 12.1 Å². The molecule has 1 N–H and O–H groups in total. The molecule has 0 spiro atoms. The monoisotopic (exact) mass is 245 g/mol. The van der Waals surface area contributed by atoms with Crippen LogP contribution in [-0.4, -0.2) is 16.0 Å². The Morgan fingerprint density at radius 2 is 2.00 bits per heavy atom. The molecule has 3 nitrogen and oxygen atoms in total. The van der Waals surface area contributed by atoms with Gasteiger partial charge in [-0.1, -0.05) is 13.3 Å². The second-order valence-corrected chi connectivity index (χ2v) is 5.97. The number of nitrogens with zero attached hydrogens (tertiary/aromatic N) is 2. The Balaban J connectivity index is 1.79. The molecule has 3 heteroatoms. The van der Waals surface area contributed by atoms with Gasteiger partial charge in [0.2, 0.25) is 0 Å². The topological polar surface area (TPSA) is 37.8 Å². The summed E-state index contributed by atoms with van der Waals surface area (Å²) >= 11 is 0. The molecule has 0 aromatic carbocycles. The number of hydrogen-bond acceptors (Lipinski definition) is 3. The molecule has 3 rings (SSSR count). The van der Waals surface area contributed by atoms with Crippen LogP contribution in [0.5, 0.6) is 0 Å². The predicted octanol–water partition coefficient (Wildman–Crippen LogP) is 3.35. The Hall–Kier alpha value is -1.12. The lowest BCUT2D eigenvalue weighted by Crippen LogP contribution is -2.18. The molecule has 18 heavy (non-hydrogen) atoms. The van der Waals surface area contributed by atoms with E-state index in [2.05, 4.69) is 22.2 Å². The summed E-state index contributed by atoms with van der Waals surface area (Å²) in [6, 6.07) is 0.627. The van der Waals surface area contributed by atoms with Gasteiger partial charge in [0.25, 0.3) is 0 Å². The highest BCUT2D eigenvalue weighted by Gasteiger charge is 2.23. The van der Waals surface area contributed by atoms with Gasteiger partial charge in [0.05, 0.1) is 0 Å². The van der Waals surface area contributed by atoms with Gasteiger partial charge in [-0.2, -0.15) is 0 Å². The van der Waals surface area contributed by atoms with Crippen molar-refractivity contribution in [2.75, 3.05) is 5.32 Å². The highest BCUT2D eigenvalue weighted by Crippen LogP contribution is 2.30. The normalized spacial score (nSPS) is 27.6. The SMILES string of the molecule is CC1CCC(Nc2ncnc3c2CCCCC3)C1. The first-order valence-corrected chi connectivity index (χ1v) is 7.42. The molecule has 0 aliphatic heterocycles. The molecular weight excluding hydrogens is 222 g/mol. The van der Waals surface area contributed by atoms with Gasteiger partial charge in [-0.25, -0.2) is 9.97 Å². The van der Waals surface area contributed by atoms with E-state index >= 15 is 0 Å². The van der Waals surface area contributed by atoms with Gasteiger partial charge >= 0.3 is 0 Å². The predicted molar refractivity (Wildman–Crippen MR) is 73.7 cm³/mol.